The zero-order valence-corrected chi connectivity index (χ0v) is 16.9. The van der Waals surface area contributed by atoms with Crippen LogP contribution in [0.5, 0.6) is 11.5 Å². The molecule has 0 saturated carbocycles. The predicted octanol–water partition coefficient (Wildman–Crippen LogP) is 3.46. The molecule has 1 fully saturated rings. The summed E-state index contributed by atoms with van der Waals surface area (Å²) in [7, 11) is 0. The summed E-state index contributed by atoms with van der Waals surface area (Å²) in [6.45, 7) is 3.37. The molecule has 3 amide bonds. The Bertz CT molecular complexity index is 934. The van der Waals surface area contributed by atoms with Gasteiger partial charge in [-0.25, -0.2) is 4.79 Å². The van der Waals surface area contributed by atoms with Crippen molar-refractivity contribution in [3.8, 4) is 11.5 Å². The zero-order chi connectivity index (χ0) is 19.7. The third-order valence-corrected chi connectivity index (χ3v) is 5.60. The lowest BCUT2D eigenvalue weighted by Crippen LogP contribution is -2.39. The summed E-state index contributed by atoms with van der Waals surface area (Å²) in [5.74, 6) is 1.28. The van der Waals surface area contributed by atoms with Gasteiger partial charge in [0.15, 0.2) is 11.5 Å². The topological polar surface area (TPSA) is 79.9 Å². The molecular formula is C20H20BrN3O4. The predicted molar refractivity (Wildman–Crippen MR) is 109 cm³/mol. The Balaban J connectivity index is 1.39. The first-order valence-corrected chi connectivity index (χ1v) is 9.82. The van der Waals surface area contributed by atoms with Crippen LogP contribution in [-0.2, 0) is 4.79 Å². The summed E-state index contributed by atoms with van der Waals surface area (Å²) in [4.78, 5) is 26.4. The molecule has 8 heteroatoms. The minimum atomic E-state index is -0.330. The number of amides is 3. The van der Waals surface area contributed by atoms with Gasteiger partial charge in [0.05, 0.1) is 6.04 Å². The smallest absolute Gasteiger partial charge is 0.319 e. The molecule has 1 saturated heterocycles. The normalized spacial score (nSPS) is 18.1. The molecule has 146 valence electrons. The van der Waals surface area contributed by atoms with Gasteiger partial charge in [0.1, 0.15) is 13.2 Å². The van der Waals surface area contributed by atoms with Crippen LogP contribution in [0.3, 0.4) is 0 Å². The van der Waals surface area contributed by atoms with Crippen molar-refractivity contribution in [1.82, 2.24) is 5.32 Å². The summed E-state index contributed by atoms with van der Waals surface area (Å²) in [6.07, 6.45) is 0.251. The van der Waals surface area contributed by atoms with Gasteiger partial charge < -0.3 is 25.0 Å². The number of carbonyl (C=O) groups is 2. The average molecular weight is 446 g/mol. The number of hydrogen-bond donors (Lipinski definition) is 2. The summed E-state index contributed by atoms with van der Waals surface area (Å²) in [5.41, 5.74) is 2.47. The van der Waals surface area contributed by atoms with Crippen LogP contribution in [0.1, 0.15) is 12.0 Å². The van der Waals surface area contributed by atoms with Crippen LogP contribution in [-0.4, -0.2) is 37.7 Å². The number of aryl methyl sites for hydroxylation is 1. The van der Waals surface area contributed by atoms with Crippen molar-refractivity contribution in [3.63, 3.8) is 0 Å². The van der Waals surface area contributed by atoms with Gasteiger partial charge in [-0.05, 0) is 42.8 Å². The van der Waals surface area contributed by atoms with E-state index in [1.807, 2.05) is 31.2 Å². The molecule has 0 radical (unpaired) electrons. The lowest BCUT2D eigenvalue weighted by Gasteiger charge is -2.22. The van der Waals surface area contributed by atoms with E-state index in [0.29, 0.717) is 36.9 Å². The fraction of sp³-hybridized carbons (Fsp3) is 0.300. The maximum absolute atomic E-state index is 12.5. The molecule has 0 bridgehead atoms. The first-order chi connectivity index (χ1) is 13.5. The molecule has 2 aliphatic heterocycles. The van der Waals surface area contributed by atoms with Crippen LogP contribution in [0.25, 0.3) is 0 Å². The third-order valence-electron chi connectivity index (χ3n) is 4.71. The molecule has 7 nitrogen and oxygen atoms in total. The Morgan fingerprint density at radius 3 is 2.71 bits per heavy atom. The van der Waals surface area contributed by atoms with Gasteiger partial charge >= 0.3 is 6.03 Å². The summed E-state index contributed by atoms with van der Waals surface area (Å²) < 4.78 is 12.1. The van der Waals surface area contributed by atoms with Crippen LogP contribution >= 0.6 is 15.9 Å². The van der Waals surface area contributed by atoms with Crippen molar-refractivity contribution in [3.05, 3.63) is 46.4 Å². The van der Waals surface area contributed by atoms with Crippen LogP contribution < -0.4 is 25.0 Å². The van der Waals surface area contributed by atoms with E-state index in [1.165, 1.54) is 0 Å². The number of ether oxygens (including phenoxy) is 2. The van der Waals surface area contributed by atoms with Crippen LogP contribution in [0.15, 0.2) is 40.9 Å². The average Bonchev–Trinajstić information content (AvgIpc) is 3.04. The molecule has 2 aromatic rings. The lowest BCUT2D eigenvalue weighted by atomic mass is 10.2. The van der Waals surface area contributed by atoms with E-state index in [0.717, 1.165) is 15.7 Å². The summed E-state index contributed by atoms with van der Waals surface area (Å²) in [6, 6.07) is 10.4. The highest BCUT2D eigenvalue weighted by Crippen LogP contribution is 2.35. The number of nitrogens with one attached hydrogen (secondary N) is 2. The van der Waals surface area contributed by atoms with Gasteiger partial charge in [-0.3, -0.25) is 4.79 Å². The maximum atomic E-state index is 12.5. The SMILES string of the molecule is Cc1cc(NC(=O)NC2CC(=O)N(c3ccc4c(c3)OCCO4)C2)ccc1Br. The number of nitrogens with zero attached hydrogens (tertiary/aromatic N) is 1. The standard InChI is InChI=1S/C20H20BrN3O4/c1-12-8-13(2-4-16(12)21)22-20(26)23-14-9-19(25)24(11-14)15-3-5-17-18(10-15)28-7-6-27-17/h2-5,8,10,14H,6-7,9,11H2,1H3,(H2,22,23,26). The van der Waals surface area contributed by atoms with Crippen LogP contribution in [0, 0.1) is 6.92 Å². The highest BCUT2D eigenvalue weighted by Gasteiger charge is 2.32. The first-order valence-electron chi connectivity index (χ1n) is 9.03. The number of carbonyl (C=O) groups excluding carboxylic acids is 2. The third kappa shape index (κ3) is 3.91. The molecule has 2 heterocycles. The van der Waals surface area contributed by atoms with Crippen LogP contribution in [0.4, 0.5) is 16.2 Å². The molecule has 28 heavy (non-hydrogen) atoms. The highest BCUT2D eigenvalue weighted by molar-refractivity contribution is 9.10. The monoisotopic (exact) mass is 445 g/mol. The van der Waals surface area contributed by atoms with Crippen molar-refractivity contribution >= 4 is 39.2 Å². The fourth-order valence-corrected chi connectivity index (χ4v) is 3.58. The fourth-order valence-electron chi connectivity index (χ4n) is 3.33. The molecule has 1 atom stereocenters. The second kappa shape index (κ2) is 7.71. The quantitative estimate of drug-likeness (QED) is 0.757. The second-order valence-corrected chi connectivity index (χ2v) is 7.65. The second-order valence-electron chi connectivity index (χ2n) is 6.80. The first kappa shape index (κ1) is 18.6. The maximum Gasteiger partial charge on any atom is 0.319 e. The van der Waals surface area contributed by atoms with Gasteiger partial charge in [-0.1, -0.05) is 15.9 Å². The number of anilines is 2. The molecule has 0 aromatic heterocycles. The highest BCUT2D eigenvalue weighted by atomic mass is 79.9. The van der Waals surface area contributed by atoms with Crippen molar-refractivity contribution < 1.29 is 19.1 Å². The van der Waals surface area contributed by atoms with Crippen molar-refractivity contribution in [2.24, 2.45) is 0 Å². The molecule has 2 aromatic carbocycles. The number of rotatable bonds is 3. The molecule has 1 unspecified atom stereocenters. The van der Waals surface area contributed by atoms with Gasteiger partial charge in [-0.2, -0.15) is 0 Å². The zero-order valence-electron chi connectivity index (χ0n) is 15.3. The number of benzene rings is 2. The lowest BCUT2D eigenvalue weighted by molar-refractivity contribution is -0.117. The van der Waals surface area contributed by atoms with E-state index in [4.69, 9.17) is 9.47 Å². The van der Waals surface area contributed by atoms with Crippen molar-refractivity contribution in [1.29, 1.82) is 0 Å². The van der Waals surface area contributed by atoms with Gasteiger partial charge in [-0.15, -0.1) is 0 Å². The summed E-state index contributed by atoms with van der Waals surface area (Å²) >= 11 is 3.44. The van der Waals surface area contributed by atoms with E-state index < -0.39 is 0 Å². The van der Waals surface area contributed by atoms with E-state index in [1.54, 1.807) is 17.0 Å². The molecule has 0 spiro atoms. The Hall–Kier alpha value is -2.74. The summed E-state index contributed by atoms with van der Waals surface area (Å²) in [5, 5.41) is 5.68. The number of urea groups is 1. The van der Waals surface area contributed by atoms with Gasteiger partial charge in [0.2, 0.25) is 5.91 Å². The Morgan fingerprint density at radius 1 is 1.14 bits per heavy atom. The Morgan fingerprint density at radius 2 is 1.93 bits per heavy atom. The van der Waals surface area contributed by atoms with Crippen LogP contribution in [0.2, 0.25) is 0 Å². The molecule has 4 rings (SSSR count). The Kier molecular flexibility index (Phi) is 5.13. The van der Waals surface area contributed by atoms with E-state index in [-0.39, 0.29) is 24.4 Å². The minimum Gasteiger partial charge on any atom is -0.486 e. The molecule has 2 N–H and O–H groups in total. The minimum absolute atomic E-state index is 0.0403. The van der Waals surface area contributed by atoms with E-state index >= 15 is 0 Å². The van der Waals surface area contributed by atoms with Gasteiger partial charge in [0, 0.05) is 34.9 Å². The largest absolute Gasteiger partial charge is 0.486 e. The van der Waals surface area contributed by atoms with Gasteiger partial charge in [0.25, 0.3) is 0 Å². The number of fused-ring (bicyclic) bond motifs is 1. The number of hydrogen-bond acceptors (Lipinski definition) is 4. The van der Waals surface area contributed by atoms with E-state index in [2.05, 4.69) is 26.6 Å². The molecule has 2 aliphatic rings. The van der Waals surface area contributed by atoms with Crippen molar-refractivity contribution in [2.45, 2.75) is 19.4 Å². The van der Waals surface area contributed by atoms with Crippen molar-refractivity contribution in [2.75, 3.05) is 30.0 Å². The molecule has 0 aliphatic carbocycles. The van der Waals surface area contributed by atoms with E-state index in [9.17, 15) is 9.59 Å². The number of halogens is 1. The molecular weight excluding hydrogens is 426 g/mol. The Labute approximate surface area is 171 Å².